The number of hydrogen-bond donors (Lipinski definition) is 2. The van der Waals surface area contributed by atoms with Crippen LogP contribution in [-0.4, -0.2) is 23.5 Å². The van der Waals surface area contributed by atoms with Crippen molar-refractivity contribution in [2.24, 2.45) is 5.92 Å². The van der Waals surface area contributed by atoms with E-state index in [-0.39, 0.29) is 11.8 Å². The third-order valence-corrected chi connectivity index (χ3v) is 3.41. The molecule has 1 aromatic carbocycles. The van der Waals surface area contributed by atoms with Crippen LogP contribution in [0.1, 0.15) is 36.5 Å². The average Bonchev–Trinajstić information content (AvgIpc) is 2.38. The van der Waals surface area contributed by atoms with E-state index in [2.05, 4.69) is 5.32 Å². The molecule has 4 nitrogen and oxygen atoms in total. The van der Waals surface area contributed by atoms with Gasteiger partial charge in [0.15, 0.2) is 0 Å². The van der Waals surface area contributed by atoms with Gasteiger partial charge in [0.1, 0.15) is 0 Å². The summed E-state index contributed by atoms with van der Waals surface area (Å²) in [5.41, 5.74) is 3.31. The lowest BCUT2D eigenvalue weighted by molar-refractivity contribution is -0.141. The van der Waals surface area contributed by atoms with E-state index in [1.165, 1.54) is 0 Å². The molecule has 0 aliphatic heterocycles. The molecular formula is C16H23NO3. The largest absolute Gasteiger partial charge is 0.481 e. The van der Waals surface area contributed by atoms with Gasteiger partial charge in [-0.2, -0.15) is 0 Å². The molecule has 0 bridgehead atoms. The molecule has 1 unspecified atom stereocenters. The Kier molecular flexibility index (Phi) is 6.22. The van der Waals surface area contributed by atoms with E-state index in [4.69, 9.17) is 5.11 Å². The van der Waals surface area contributed by atoms with Gasteiger partial charge in [0, 0.05) is 6.54 Å². The first-order valence-corrected chi connectivity index (χ1v) is 6.95. The Hall–Kier alpha value is -1.84. The predicted octanol–water partition coefficient (Wildman–Crippen LogP) is 2.46. The van der Waals surface area contributed by atoms with Crippen LogP contribution in [-0.2, 0) is 16.0 Å². The van der Waals surface area contributed by atoms with Crippen LogP contribution in [0, 0.1) is 19.8 Å². The first-order valence-electron chi connectivity index (χ1n) is 6.95. The van der Waals surface area contributed by atoms with Crippen LogP contribution in [0.5, 0.6) is 0 Å². The third kappa shape index (κ3) is 5.43. The molecule has 1 amide bonds. The van der Waals surface area contributed by atoms with Crippen LogP contribution in [0.4, 0.5) is 0 Å². The molecule has 1 rings (SSSR count). The molecule has 0 aliphatic rings. The molecule has 1 atom stereocenters. The summed E-state index contributed by atoms with van der Waals surface area (Å²) in [6.45, 7) is 6.21. The van der Waals surface area contributed by atoms with Gasteiger partial charge >= 0.3 is 5.97 Å². The SMILES string of the molecule is Cc1ccc(C)c(CC(=O)NCCCC(C)C(=O)O)c1. The summed E-state index contributed by atoms with van der Waals surface area (Å²) in [7, 11) is 0. The predicted molar refractivity (Wildman–Crippen MR) is 78.7 cm³/mol. The van der Waals surface area contributed by atoms with Gasteiger partial charge in [-0.3, -0.25) is 9.59 Å². The minimum atomic E-state index is -0.785. The Bertz CT molecular complexity index is 483. The second-order valence-corrected chi connectivity index (χ2v) is 5.34. The van der Waals surface area contributed by atoms with Crippen LogP contribution in [0.25, 0.3) is 0 Å². The maximum absolute atomic E-state index is 11.8. The highest BCUT2D eigenvalue weighted by atomic mass is 16.4. The second kappa shape index (κ2) is 7.68. The Morgan fingerprint density at radius 3 is 2.65 bits per heavy atom. The van der Waals surface area contributed by atoms with Crippen molar-refractivity contribution in [3.63, 3.8) is 0 Å². The Morgan fingerprint density at radius 1 is 1.30 bits per heavy atom. The maximum Gasteiger partial charge on any atom is 0.306 e. The number of hydrogen-bond acceptors (Lipinski definition) is 2. The fourth-order valence-electron chi connectivity index (χ4n) is 1.99. The van der Waals surface area contributed by atoms with Crippen LogP contribution in [0.15, 0.2) is 18.2 Å². The third-order valence-electron chi connectivity index (χ3n) is 3.41. The number of rotatable bonds is 7. The average molecular weight is 277 g/mol. The Morgan fingerprint density at radius 2 is 2.00 bits per heavy atom. The zero-order chi connectivity index (χ0) is 15.1. The van der Waals surface area contributed by atoms with Gasteiger partial charge in [-0.05, 0) is 37.8 Å². The number of aryl methyl sites for hydroxylation is 2. The lowest BCUT2D eigenvalue weighted by Gasteiger charge is -2.09. The smallest absolute Gasteiger partial charge is 0.306 e. The fraction of sp³-hybridized carbons (Fsp3) is 0.500. The van der Waals surface area contributed by atoms with Crippen molar-refractivity contribution in [3.05, 3.63) is 34.9 Å². The first kappa shape index (κ1) is 16.2. The lowest BCUT2D eigenvalue weighted by Crippen LogP contribution is -2.27. The van der Waals surface area contributed by atoms with E-state index in [1.54, 1.807) is 6.92 Å². The van der Waals surface area contributed by atoms with Gasteiger partial charge in [0.2, 0.25) is 5.91 Å². The highest BCUT2D eigenvalue weighted by Gasteiger charge is 2.10. The molecule has 0 saturated heterocycles. The number of carbonyl (C=O) groups excluding carboxylic acids is 1. The number of carbonyl (C=O) groups is 2. The van der Waals surface area contributed by atoms with Gasteiger partial charge in [-0.25, -0.2) is 0 Å². The standard InChI is InChI=1S/C16H23NO3/c1-11-6-7-12(2)14(9-11)10-15(18)17-8-4-5-13(3)16(19)20/h6-7,9,13H,4-5,8,10H2,1-3H3,(H,17,18)(H,19,20). The van der Waals surface area contributed by atoms with Crippen molar-refractivity contribution in [1.82, 2.24) is 5.32 Å². The molecule has 0 saturated carbocycles. The monoisotopic (exact) mass is 277 g/mol. The Balaban J connectivity index is 2.34. The second-order valence-electron chi connectivity index (χ2n) is 5.34. The van der Waals surface area contributed by atoms with Crippen molar-refractivity contribution in [2.45, 2.75) is 40.0 Å². The molecule has 110 valence electrons. The van der Waals surface area contributed by atoms with Crippen LogP contribution in [0.2, 0.25) is 0 Å². The highest BCUT2D eigenvalue weighted by Crippen LogP contribution is 2.11. The summed E-state index contributed by atoms with van der Waals surface area (Å²) in [4.78, 5) is 22.5. The van der Waals surface area contributed by atoms with Crippen LogP contribution < -0.4 is 5.32 Å². The zero-order valence-electron chi connectivity index (χ0n) is 12.4. The molecule has 4 heteroatoms. The fourth-order valence-corrected chi connectivity index (χ4v) is 1.99. The highest BCUT2D eigenvalue weighted by molar-refractivity contribution is 5.79. The number of carboxylic acid groups (broad SMARTS) is 1. The number of benzene rings is 1. The van der Waals surface area contributed by atoms with E-state index < -0.39 is 5.97 Å². The zero-order valence-corrected chi connectivity index (χ0v) is 12.4. The van der Waals surface area contributed by atoms with Crippen molar-refractivity contribution in [3.8, 4) is 0 Å². The molecule has 20 heavy (non-hydrogen) atoms. The molecule has 0 heterocycles. The molecule has 0 fully saturated rings. The Labute approximate surface area is 120 Å². The van der Waals surface area contributed by atoms with E-state index in [9.17, 15) is 9.59 Å². The number of aliphatic carboxylic acids is 1. The molecule has 0 aliphatic carbocycles. The van der Waals surface area contributed by atoms with Crippen molar-refractivity contribution >= 4 is 11.9 Å². The van der Waals surface area contributed by atoms with E-state index >= 15 is 0 Å². The van der Waals surface area contributed by atoms with E-state index in [1.807, 2.05) is 32.0 Å². The summed E-state index contributed by atoms with van der Waals surface area (Å²) in [5.74, 6) is -1.15. The van der Waals surface area contributed by atoms with Gasteiger partial charge < -0.3 is 10.4 Å². The molecular weight excluding hydrogens is 254 g/mol. The van der Waals surface area contributed by atoms with E-state index in [0.717, 1.165) is 16.7 Å². The molecule has 0 spiro atoms. The number of amides is 1. The van der Waals surface area contributed by atoms with Gasteiger partial charge in [0.25, 0.3) is 0 Å². The van der Waals surface area contributed by atoms with Crippen LogP contribution >= 0.6 is 0 Å². The summed E-state index contributed by atoms with van der Waals surface area (Å²) < 4.78 is 0. The number of carboxylic acids is 1. The van der Waals surface area contributed by atoms with Crippen LogP contribution in [0.3, 0.4) is 0 Å². The van der Waals surface area contributed by atoms with E-state index in [0.29, 0.717) is 25.8 Å². The van der Waals surface area contributed by atoms with Crippen molar-refractivity contribution < 1.29 is 14.7 Å². The summed E-state index contributed by atoms with van der Waals surface area (Å²) in [6.07, 6.45) is 1.65. The lowest BCUT2D eigenvalue weighted by atomic mass is 10.0. The van der Waals surface area contributed by atoms with Crippen molar-refractivity contribution in [1.29, 1.82) is 0 Å². The van der Waals surface area contributed by atoms with Gasteiger partial charge in [0.05, 0.1) is 12.3 Å². The normalized spacial score (nSPS) is 11.9. The molecule has 2 N–H and O–H groups in total. The topological polar surface area (TPSA) is 66.4 Å². The summed E-state index contributed by atoms with van der Waals surface area (Å²) in [5, 5.41) is 11.6. The molecule has 1 aromatic rings. The van der Waals surface area contributed by atoms with Gasteiger partial charge in [-0.1, -0.05) is 30.7 Å². The minimum absolute atomic E-state index is 0.0123. The first-order chi connectivity index (χ1) is 9.40. The summed E-state index contributed by atoms with van der Waals surface area (Å²) >= 11 is 0. The quantitative estimate of drug-likeness (QED) is 0.752. The van der Waals surface area contributed by atoms with Gasteiger partial charge in [-0.15, -0.1) is 0 Å². The maximum atomic E-state index is 11.8. The number of nitrogens with one attached hydrogen (secondary N) is 1. The molecule has 0 radical (unpaired) electrons. The molecule has 0 aromatic heterocycles. The summed E-state index contributed by atoms with van der Waals surface area (Å²) in [6, 6.07) is 6.08. The van der Waals surface area contributed by atoms with Crippen molar-refractivity contribution in [2.75, 3.05) is 6.54 Å². The minimum Gasteiger partial charge on any atom is -0.481 e.